The van der Waals surface area contributed by atoms with E-state index in [0.717, 1.165) is 10.8 Å². The van der Waals surface area contributed by atoms with Gasteiger partial charge < -0.3 is 9.84 Å². The molecule has 0 bridgehead atoms. The standard InChI is InChI=1S/C19H14Cl2N2O3/c1-26-17-8-12-5-3-2-4-11(12)7-15(17)19(25)23-22-10-13-6-14(20)9-16(21)18(13)24/h2-10,24H,1H3,(H,23,25). The van der Waals surface area contributed by atoms with E-state index >= 15 is 0 Å². The number of hydrogen-bond acceptors (Lipinski definition) is 4. The van der Waals surface area contributed by atoms with Crippen LogP contribution in [-0.2, 0) is 0 Å². The number of amides is 1. The van der Waals surface area contributed by atoms with Gasteiger partial charge in [0.2, 0.25) is 0 Å². The molecule has 0 fully saturated rings. The lowest BCUT2D eigenvalue weighted by atomic mass is 10.1. The lowest BCUT2D eigenvalue weighted by Gasteiger charge is -2.09. The van der Waals surface area contributed by atoms with Crippen molar-refractivity contribution in [3.05, 3.63) is 69.7 Å². The van der Waals surface area contributed by atoms with Gasteiger partial charge in [0, 0.05) is 10.6 Å². The smallest absolute Gasteiger partial charge is 0.275 e. The van der Waals surface area contributed by atoms with Crippen LogP contribution in [0.1, 0.15) is 15.9 Å². The molecular weight excluding hydrogens is 375 g/mol. The third-order valence-electron chi connectivity index (χ3n) is 3.74. The zero-order valence-electron chi connectivity index (χ0n) is 13.7. The summed E-state index contributed by atoms with van der Waals surface area (Å²) in [5.41, 5.74) is 3.04. The van der Waals surface area contributed by atoms with E-state index < -0.39 is 5.91 Å². The first kappa shape index (κ1) is 18.0. The first-order valence-electron chi connectivity index (χ1n) is 7.58. The molecule has 0 spiro atoms. The first-order valence-corrected chi connectivity index (χ1v) is 8.33. The molecule has 0 aliphatic carbocycles. The number of phenols is 1. The van der Waals surface area contributed by atoms with Gasteiger partial charge >= 0.3 is 0 Å². The van der Waals surface area contributed by atoms with E-state index in [-0.39, 0.29) is 16.3 Å². The Morgan fingerprint density at radius 2 is 1.85 bits per heavy atom. The Kier molecular flexibility index (Phi) is 5.30. The third kappa shape index (κ3) is 3.74. The number of hydrazone groups is 1. The van der Waals surface area contributed by atoms with Gasteiger partial charge in [-0.1, -0.05) is 47.5 Å². The van der Waals surface area contributed by atoms with Crippen LogP contribution < -0.4 is 10.2 Å². The van der Waals surface area contributed by atoms with E-state index in [1.807, 2.05) is 24.3 Å². The molecule has 3 aromatic rings. The molecule has 2 N–H and O–H groups in total. The van der Waals surface area contributed by atoms with E-state index in [1.54, 1.807) is 12.1 Å². The van der Waals surface area contributed by atoms with Crippen LogP contribution in [0.25, 0.3) is 10.8 Å². The largest absolute Gasteiger partial charge is 0.506 e. The van der Waals surface area contributed by atoms with Crippen molar-refractivity contribution in [2.24, 2.45) is 5.10 Å². The van der Waals surface area contributed by atoms with Crippen LogP contribution in [0.2, 0.25) is 10.0 Å². The van der Waals surface area contributed by atoms with Crippen LogP contribution in [0.4, 0.5) is 0 Å². The second-order valence-corrected chi connectivity index (χ2v) is 6.27. The molecule has 5 nitrogen and oxygen atoms in total. The number of fused-ring (bicyclic) bond motifs is 1. The quantitative estimate of drug-likeness (QED) is 0.505. The lowest BCUT2D eigenvalue weighted by Crippen LogP contribution is -2.18. The SMILES string of the molecule is COc1cc2ccccc2cc1C(=O)NN=Cc1cc(Cl)cc(Cl)c1O. The van der Waals surface area contributed by atoms with Gasteiger partial charge in [-0.05, 0) is 35.0 Å². The molecule has 3 rings (SSSR count). The van der Waals surface area contributed by atoms with Crippen molar-refractivity contribution in [1.29, 1.82) is 0 Å². The van der Waals surface area contributed by atoms with Crippen molar-refractivity contribution in [3.63, 3.8) is 0 Å². The molecule has 3 aromatic carbocycles. The molecule has 132 valence electrons. The van der Waals surface area contributed by atoms with Crippen molar-refractivity contribution in [1.82, 2.24) is 5.43 Å². The molecule has 0 radical (unpaired) electrons. The van der Waals surface area contributed by atoms with Crippen LogP contribution in [0.15, 0.2) is 53.6 Å². The Balaban J connectivity index is 1.85. The summed E-state index contributed by atoms with van der Waals surface area (Å²) in [4.78, 5) is 12.5. The average molecular weight is 389 g/mol. The van der Waals surface area contributed by atoms with Gasteiger partial charge in [-0.3, -0.25) is 4.79 Å². The molecule has 26 heavy (non-hydrogen) atoms. The second kappa shape index (κ2) is 7.64. The fraction of sp³-hybridized carbons (Fsp3) is 0.0526. The van der Waals surface area contributed by atoms with Crippen LogP contribution in [0.5, 0.6) is 11.5 Å². The monoisotopic (exact) mass is 388 g/mol. The highest BCUT2D eigenvalue weighted by atomic mass is 35.5. The topological polar surface area (TPSA) is 70.9 Å². The summed E-state index contributed by atoms with van der Waals surface area (Å²) in [7, 11) is 1.50. The Morgan fingerprint density at radius 3 is 2.54 bits per heavy atom. The fourth-order valence-electron chi connectivity index (χ4n) is 2.47. The van der Waals surface area contributed by atoms with Gasteiger partial charge in [0.25, 0.3) is 5.91 Å². The number of aromatic hydroxyl groups is 1. The van der Waals surface area contributed by atoms with Crippen molar-refractivity contribution in [2.45, 2.75) is 0 Å². The third-order valence-corrected chi connectivity index (χ3v) is 4.25. The van der Waals surface area contributed by atoms with Gasteiger partial charge in [0.05, 0.1) is 23.9 Å². The van der Waals surface area contributed by atoms with E-state index in [2.05, 4.69) is 10.5 Å². The predicted molar refractivity (Wildman–Crippen MR) is 104 cm³/mol. The number of carbonyl (C=O) groups is 1. The highest BCUT2D eigenvalue weighted by Crippen LogP contribution is 2.30. The second-order valence-electron chi connectivity index (χ2n) is 5.42. The van der Waals surface area contributed by atoms with Crippen LogP contribution in [0.3, 0.4) is 0 Å². The molecule has 0 saturated carbocycles. The predicted octanol–water partition coefficient (Wildman–Crippen LogP) is 4.62. The van der Waals surface area contributed by atoms with Crippen LogP contribution in [0, 0.1) is 0 Å². The van der Waals surface area contributed by atoms with Crippen molar-refractivity contribution in [3.8, 4) is 11.5 Å². The minimum atomic E-state index is -0.448. The molecule has 1 amide bonds. The maximum absolute atomic E-state index is 12.5. The number of rotatable bonds is 4. The first-order chi connectivity index (χ1) is 12.5. The highest BCUT2D eigenvalue weighted by Gasteiger charge is 2.13. The average Bonchev–Trinajstić information content (AvgIpc) is 2.64. The van der Waals surface area contributed by atoms with E-state index in [0.29, 0.717) is 16.3 Å². The molecule has 0 atom stereocenters. The van der Waals surface area contributed by atoms with Gasteiger partial charge in [-0.2, -0.15) is 5.10 Å². The summed E-state index contributed by atoms with van der Waals surface area (Å²) >= 11 is 11.7. The summed E-state index contributed by atoms with van der Waals surface area (Å²) in [6.45, 7) is 0. The van der Waals surface area contributed by atoms with Crippen molar-refractivity contribution >= 4 is 46.1 Å². The zero-order valence-corrected chi connectivity index (χ0v) is 15.2. The maximum Gasteiger partial charge on any atom is 0.275 e. The Morgan fingerprint density at radius 1 is 1.15 bits per heavy atom. The Labute approximate surface area is 159 Å². The summed E-state index contributed by atoms with van der Waals surface area (Å²) in [5, 5.41) is 16.1. The van der Waals surface area contributed by atoms with E-state index in [4.69, 9.17) is 27.9 Å². The van der Waals surface area contributed by atoms with Gasteiger partial charge in [-0.15, -0.1) is 0 Å². The Hall–Kier alpha value is -2.76. The number of phenolic OH excluding ortho intramolecular Hbond substituents is 1. The molecule has 0 aromatic heterocycles. The molecule has 0 unspecified atom stereocenters. The van der Waals surface area contributed by atoms with Crippen molar-refractivity contribution in [2.75, 3.05) is 7.11 Å². The summed E-state index contributed by atoms with van der Waals surface area (Å²) in [6.07, 6.45) is 1.26. The minimum absolute atomic E-state index is 0.0986. The number of nitrogens with zero attached hydrogens (tertiary/aromatic N) is 1. The zero-order chi connectivity index (χ0) is 18.7. The number of halogens is 2. The Bertz CT molecular complexity index is 1020. The maximum atomic E-state index is 12.5. The van der Waals surface area contributed by atoms with E-state index in [9.17, 15) is 9.90 Å². The van der Waals surface area contributed by atoms with Crippen molar-refractivity contribution < 1.29 is 14.6 Å². The number of ether oxygens (including phenoxy) is 1. The summed E-state index contributed by atoms with van der Waals surface area (Å²) in [5.74, 6) is -0.182. The van der Waals surface area contributed by atoms with Gasteiger partial charge in [0.15, 0.2) is 0 Å². The highest BCUT2D eigenvalue weighted by molar-refractivity contribution is 6.36. The molecule has 0 aliphatic rings. The summed E-state index contributed by atoms with van der Waals surface area (Å²) in [6, 6.07) is 14.0. The van der Waals surface area contributed by atoms with Crippen LogP contribution >= 0.6 is 23.2 Å². The molecule has 0 saturated heterocycles. The number of carbonyl (C=O) groups excluding carboxylic acids is 1. The number of nitrogens with one attached hydrogen (secondary N) is 1. The van der Waals surface area contributed by atoms with Crippen LogP contribution in [-0.4, -0.2) is 24.3 Å². The fourth-order valence-corrected chi connectivity index (χ4v) is 2.98. The lowest BCUT2D eigenvalue weighted by molar-refractivity contribution is 0.0952. The molecular formula is C19H14Cl2N2O3. The molecule has 0 heterocycles. The summed E-state index contributed by atoms with van der Waals surface area (Å²) < 4.78 is 5.30. The molecule has 7 heteroatoms. The number of methoxy groups -OCH3 is 1. The van der Waals surface area contributed by atoms with Gasteiger partial charge in [-0.25, -0.2) is 5.43 Å². The molecule has 0 aliphatic heterocycles. The number of benzene rings is 3. The van der Waals surface area contributed by atoms with E-state index in [1.165, 1.54) is 25.5 Å². The minimum Gasteiger partial charge on any atom is -0.506 e. The van der Waals surface area contributed by atoms with Gasteiger partial charge in [0.1, 0.15) is 11.5 Å². The number of hydrogen-bond donors (Lipinski definition) is 2. The normalized spacial score (nSPS) is 11.0.